The van der Waals surface area contributed by atoms with Gasteiger partial charge in [0, 0.05) is 11.4 Å². The molecule has 0 amide bonds. The average molecular weight is 257 g/mol. The van der Waals surface area contributed by atoms with Crippen LogP contribution in [0.5, 0.6) is 5.75 Å². The third-order valence-corrected chi connectivity index (χ3v) is 3.91. The smallest absolute Gasteiger partial charge is 0.265 e. The van der Waals surface area contributed by atoms with Gasteiger partial charge in [-0.3, -0.25) is 9.59 Å². The van der Waals surface area contributed by atoms with Crippen LogP contribution >= 0.6 is 0 Å². The zero-order valence-electron chi connectivity index (χ0n) is 10.9. The molecule has 1 atom stereocenters. The lowest BCUT2D eigenvalue weighted by Gasteiger charge is -2.26. The van der Waals surface area contributed by atoms with Crippen molar-refractivity contribution >= 4 is 16.7 Å². The summed E-state index contributed by atoms with van der Waals surface area (Å²) in [5, 5.41) is 10.8. The zero-order chi connectivity index (χ0) is 13.7. The number of rotatable bonds is 1. The van der Waals surface area contributed by atoms with E-state index in [1.807, 2.05) is 19.1 Å². The lowest BCUT2D eigenvalue weighted by atomic mass is 9.95. The zero-order valence-corrected chi connectivity index (χ0v) is 10.9. The minimum atomic E-state index is -0.392. The first-order valence-electron chi connectivity index (χ1n) is 6.42. The Bertz CT molecular complexity index is 758. The summed E-state index contributed by atoms with van der Waals surface area (Å²) < 4.78 is 1.66. The van der Waals surface area contributed by atoms with Gasteiger partial charge in [0.1, 0.15) is 11.3 Å². The number of nitrogens with zero attached hydrogens (tertiary/aromatic N) is 1. The predicted octanol–water partition coefficient (Wildman–Crippen LogP) is 2.42. The number of hydrogen-bond acceptors (Lipinski definition) is 3. The van der Waals surface area contributed by atoms with Gasteiger partial charge in [0.2, 0.25) is 0 Å². The standard InChI is InChI=1S/C15H15NO3/c1-8-6-7-10-4-3-5-11-13(10)16(8)15(19)12(9(2)17)14(11)18/h3-5,8,18H,6-7H2,1-2H3/t8-/m1/s1. The fourth-order valence-electron chi connectivity index (χ4n) is 2.96. The van der Waals surface area contributed by atoms with Crippen LogP contribution in [0.2, 0.25) is 0 Å². The van der Waals surface area contributed by atoms with Gasteiger partial charge in [0.15, 0.2) is 5.78 Å². The van der Waals surface area contributed by atoms with E-state index in [0.29, 0.717) is 5.39 Å². The Kier molecular flexibility index (Phi) is 2.49. The number of hydrogen-bond donors (Lipinski definition) is 1. The van der Waals surface area contributed by atoms with Crippen LogP contribution in [0.15, 0.2) is 23.0 Å². The van der Waals surface area contributed by atoms with Crippen molar-refractivity contribution in [3.63, 3.8) is 0 Å². The molecule has 0 aliphatic carbocycles. The van der Waals surface area contributed by atoms with Crippen molar-refractivity contribution in [2.24, 2.45) is 0 Å². The number of para-hydroxylation sites is 1. The molecule has 0 bridgehead atoms. The second-order valence-corrected chi connectivity index (χ2v) is 5.16. The predicted molar refractivity (Wildman–Crippen MR) is 72.9 cm³/mol. The van der Waals surface area contributed by atoms with Crippen molar-refractivity contribution in [3.8, 4) is 5.75 Å². The Morgan fingerprint density at radius 1 is 1.42 bits per heavy atom. The van der Waals surface area contributed by atoms with Crippen LogP contribution in [-0.4, -0.2) is 15.5 Å². The van der Waals surface area contributed by atoms with Crippen LogP contribution < -0.4 is 5.56 Å². The molecule has 98 valence electrons. The second kappa shape index (κ2) is 3.95. The third kappa shape index (κ3) is 1.52. The summed E-state index contributed by atoms with van der Waals surface area (Å²) in [6, 6.07) is 5.63. The van der Waals surface area contributed by atoms with E-state index in [0.717, 1.165) is 23.9 Å². The van der Waals surface area contributed by atoms with E-state index in [9.17, 15) is 14.7 Å². The Balaban J connectivity index is 2.59. The second-order valence-electron chi connectivity index (χ2n) is 5.16. The number of aryl methyl sites for hydroxylation is 1. The molecule has 4 nitrogen and oxygen atoms in total. The van der Waals surface area contributed by atoms with Gasteiger partial charge in [-0.05, 0) is 38.3 Å². The quantitative estimate of drug-likeness (QED) is 0.798. The molecular weight excluding hydrogens is 242 g/mol. The van der Waals surface area contributed by atoms with Crippen molar-refractivity contribution < 1.29 is 9.90 Å². The van der Waals surface area contributed by atoms with Crippen LogP contribution in [0.4, 0.5) is 0 Å². The Morgan fingerprint density at radius 3 is 2.84 bits per heavy atom. The highest BCUT2D eigenvalue weighted by atomic mass is 16.3. The van der Waals surface area contributed by atoms with Gasteiger partial charge >= 0.3 is 0 Å². The first-order chi connectivity index (χ1) is 9.02. The molecule has 1 aromatic carbocycles. The first kappa shape index (κ1) is 12.0. The van der Waals surface area contributed by atoms with Gasteiger partial charge in [-0.25, -0.2) is 0 Å². The summed E-state index contributed by atoms with van der Waals surface area (Å²) in [6.07, 6.45) is 1.75. The molecule has 0 unspecified atom stereocenters. The van der Waals surface area contributed by atoms with E-state index in [1.165, 1.54) is 6.92 Å². The molecule has 1 aliphatic heterocycles. The van der Waals surface area contributed by atoms with Crippen LogP contribution in [0.3, 0.4) is 0 Å². The van der Waals surface area contributed by atoms with Gasteiger partial charge in [-0.2, -0.15) is 0 Å². The topological polar surface area (TPSA) is 59.3 Å². The highest BCUT2D eigenvalue weighted by molar-refractivity contribution is 6.02. The van der Waals surface area contributed by atoms with Gasteiger partial charge < -0.3 is 9.67 Å². The minimum Gasteiger partial charge on any atom is -0.506 e. The van der Waals surface area contributed by atoms with E-state index < -0.39 is 5.78 Å². The van der Waals surface area contributed by atoms with Crippen LogP contribution in [0.25, 0.3) is 10.9 Å². The molecule has 4 heteroatoms. The molecular formula is C15H15NO3. The van der Waals surface area contributed by atoms with E-state index >= 15 is 0 Å². The van der Waals surface area contributed by atoms with E-state index in [2.05, 4.69) is 0 Å². The van der Waals surface area contributed by atoms with Crippen molar-refractivity contribution in [3.05, 3.63) is 39.7 Å². The highest BCUT2D eigenvalue weighted by Gasteiger charge is 2.25. The number of pyridine rings is 1. The van der Waals surface area contributed by atoms with E-state index in [4.69, 9.17) is 0 Å². The number of aromatic hydroxyl groups is 1. The van der Waals surface area contributed by atoms with Crippen LogP contribution in [-0.2, 0) is 6.42 Å². The molecule has 0 saturated heterocycles. The SMILES string of the molecule is CC(=O)c1c(O)c2cccc3c2n(c1=O)[C@H](C)CC3. The maximum Gasteiger partial charge on any atom is 0.265 e. The monoisotopic (exact) mass is 257 g/mol. The van der Waals surface area contributed by atoms with Crippen molar-refractivity contribution in [2.75, 3.05) is 0 Å². The van der Waals surface area contributed by atoms with Gasteiger partial charge in [0.05, 0.1) is 5.52 Å². The maximum atomic E-state index is 12.5. The lowest BCUT2D eigenvalue weighted by Crippen LogP contribution is -2.31. The van der Waals surface area contributed by atoms with E-state index in [-0.39, 0.29) is 22.9 Å². The fourth-order valence-corrected chi connectivity index (χ4v) is 2.96. The van der Waals surface area contributed by atoms with E-state index in [1.54, 1.807) is 10.6 Å². The minimum absolute atomic E-state index is 0.0450. The first-order valence-corrected chi connectivity index (χ1v) is 6.42. The van der Waals surface area contributed by atoms with Crippen molar-refractivity contribution in [1.82, 2.24) is 4.57 Å². The van der Waals surface area contributed by atoms with Gasteiger partial charge in [-0.1, -0.05) is 12.1 Å². The molecule has 0 spiro atoms. The number of benzene rings is 1. The number of Topliss-reactive ketones (excluding diaryl/α,β-unsaturated/α-hetero) is 1. The number of ketones is 1. The molecule has 1 N–H and O–H groups in total. The van der Waals surface area contributed by atoms with Crippen molar-refractivity contribution in [1.29, 1.82) is 0 Å². The molecule has 1 aliphatic rings. The van der Waals surface area contributed by atoms with Crippen molar-refractivity contribution in [2.45, 2.75) is 32.7 Å². The molecule has 0 saturated carbocycles. The van der Waals surface area contributed by atoms with Gasteiger partial charge in [0.25, 0.3) is 5.56 Å². The number of carbonyl (C=O) groups is 1. The molecule has 19 heavy (non-hydrogen) atoms. The fraction of sp³-hybridized carbons (Fsp3) is 0.333. The third-order valence-electron chi connectivity index (χ3n) is 3.91. The molecule has 0 fully saturated rings. The molecule has 2 heterocycles. The Morgan fingerprint density at radius 2 is 2.16 bits per heavy atom. The van der Waals surface area contributed by atoms with Crippen LogP contribution in [0.1, 0.15) is 42.2 Å². The summed E-state index contributed by atoms with van der Waals surface area (Å²) in [5.74, 6) is -0.573. The maximum absolute atomic E-state index is 12.5. The summed E-state index contributed by atoms with van der Waals surface area (Å²) in [6.45, 7) is 3.28. The van der Waals surface area contributed by atoms with Gasteiger partial charge in [-0.15, -0.1) is 0 Å². The largest absolute Gasteiger partial charge is 0.506 e. The molecule has 2 aromatic rings. The normalized spacial score (nSPS) is 17.7. The molecule has 1 aromatic heterocycles. The Hall–Kier alpha value is -2.10. The summed E-state index contributed by atoms with van der Waals surface area (Å²) in [7, 11) is 0. The summed E-state index contributed by atoms with van der Waals surface area (Å²) in [4.78, 5) is 24.1. The summed E-state index contributed by atoms with van der Waals surface area (Å²) >= 11 is 0. The highest BCUT2D eigenvalue weighted by Crippen LogP contribution is 2.34. The molecule has 3 rings (SSSR count). The lowest BCUT2D eigenvalue weighted by molar-refractivity contribution is 0.101. The number of aromatic nitrogens is 1. The van der Waals surface area contributed by atoms with Crippen LogP contribution in [0, 0.1) is 0 Å². The molecule has 0 radical (unpaired) electrons. The number of carbonyl (C=O) groups excluding carboxylic acids is 1. The average Bonchev–Trinajstić information content (AvgIpc) is 2.36. The Labute approximate surface area is 110 Å². The summed E-state index contributed by atoms with van der Waals surface area (Å²) in [5.41, 5.74) is 1.35.